The molecule has 2 aliphatic rings. The molecule has 2 unspecified atom stereocenters. The molecule has 2 aliphatic heterocycles. The average Bonchev–Trinajstić information content (AvgIpc) is 2.85. The zero-order valence-corrected chi connectivity index (χ0v) is 19.5. The Bertz CT molecular complexity index is 848. The van der Waals surface area contributed by atoms with Crippen LogP contribution in [-0.4, -0.2) is 62.8 Å². The second-order valence-electron chi connectivity index (χ2n) is 8.86. The van der Waals surface area contributed by atoms with Gasteiger partial charge >= 0.3 is 0 Å². The first kappa shape index (κ1) is 22.6. The van der Waals surface area contributed by atoms with Gasteiger partial charge in [0, 0.05) is 57.5 Å². The lowest BCUT2D eigenvalue weighted by molar-refractivity contribution is 0.122. The summed E-state index contributed by atoms with van der Waals surface area (Å²) in [6, 6.07) is 20.6. The molecule has 2 aromatic rings. The van der Waals surface area contributed by atoms with Crippen LogP contribution in [0.2, 0.25) is 0 Å². The number of hydrogen-bond acceptors (Lipinski definition) is 4. The van der Waals surface area contributed by atoms with Crippen LogP contribution in [0.15, 0.2) is 59.6 Å². The minimum atomic E-state index is 0.451. The van der Waals surface area contributed by atoms with Crippen molar-refractivity contribution in [3.05, 3.63) is 65.7 Å². The van der Waals surface area contributed by atoms with Gasteiger partial charge in [0.2, 0.25) is 0 Å². The van der Waals surface area contributed by atoms with Crippen LogP contribution in [0, 0.1) is 0 Å². The third-order valence-corrected chi connectivity index (χ3v) is 6.58. The molecule has 4 rings (SSSR count). The molecule has 172 valence electrons. The largest absolute Gasteiger partial charge is 0.378 e. The Balaban J connectivity index is 1.22. The zero-order chi connectivity index (χ0) is 22.2. The van der Waals surface area contributed by atoms with E-state index in [-0.39, 0.29) is 0 Å². The summed E-state index contributed by atoms with van der Waals surface area (Å²) in [7, 11) is 1.85. The number of aliphatic imine (C=N–C) groups is 1. The second-order valence-corrected chi connectivity index (χ2v) is 8.86. The van der Waals surface area contributed by atoms with Gasteiger partial charge < -0.3 is 20.3 Å². The first-order valence-corrected chi connectivity index (χ1v) is 11.9. The van der Waals surface area contributed by atoms with E-state index < -0.39 is 0 Å². The average molecular weight is 436 g/mol. The van der Waals surface area contributed by atoms with E-state index >= 15 is 0 Å². The summed E-state index contributed by atoms with van der Waals surface area (Å²) < 4.78 is 5.45. The summed E-state index contributed by atoms with van der Waals surface area (Å²) >= 11 is 0. The summed E-state index contributed by atoms with van der Waals surface area (Å²) in [6.07, 6.45) is 2.26. The van der Waals surface area contributed by atoms with Crippen molar-refractivity contribution in [3.8, 4) is 0 Å². The van der Waals surface area contributed by atoms with Crippen molar-refractivity contribution in [1.82, 2.24) is 15.5 Å². The molecule has 2 fully saturated rings. The highest BCUT2D eigenvalue weighted by Gasteiger charge is 2.26. The minimum absolute atomic E-state index is 0.451. The van der Waals surface area contributed by atoms with Gasteiger partial charge in [-0.15, -0.1) is 0 Å². The van der Waals surface area contributed by atoms with Gasteiger partial charge in [0.25, 0.3) is 0 Å². The molecule has 0 aliphatic carbocycles. The first-order valence-electron chi connectivity index (χ1n) is 11.9. The van der Waals surface area contributed by atoms with Crippen LogP contribution in [0.1, 0.15) is 30.9 Å². The summed E-state index contributed by atoms with van der Waals surface area (Å²) in [5, 5.41) is 7.13. The van der Waals surface area contributed by atoms with Crippen molar-refractivity contribution in [2.45, 2.75) is 44.9 Å². The molecule has 0 amide bonds. The standard InChI is InChI=1S/C26H37N5O/c1-21-18-24(12-13-31(21)20-23-6-4-3-5-7-23)29-26(27-2)28-19-22-8-10-25(11-9-22)30-14-16-32-17-15-30/h3-11,21,24H,12-20H2,1-2H3,(H2,27,28,29). The predicted molar refractivity (Wildman–Crippen MR) is 132 cm³/mol. The van der Waals surface area contributed by atoms with E-state index in [0.29, 0.717) is 12.1 Å². The number of ether oxygens (including phenoxy) is 1. The molecular weight excluding hydrogens is 398 g/mol. The number of piperidine rings is 1. The van der Waals surface area contributed by atoms with Crippen molar-refractivity contribution in [2.24, 2.45) is 4.99 Å². The molecule has 32 heavy (non-hydrogen) atoms. The highest BCUT2D eigenvalue weighted by atomic mass is 16.5. The van der Waals surface area contributed by atoms with Crippen LogP contribution in [0.5, 0.6) is 0 Å². The topological polar surface area (TPSA) is 52.1 Å². The van der Waals surface area contributed by atoms with Gasteiger partial charge in [0.15, 0.2) is 5.96 Å². The van der Waals surface area contributed by atoms with Crippen LogP contribution < -0.4 is 15.5 Å². The molecule has 6 nitrogen and oxygen atoms in total. The number of anilines is 1. The van der Waals surface area contributed by atoms with E-state index in [4.69, 9.17) is 4.74 Å². The minimum Gasteiger partial charge on any atom is -0.378 e. The molecule has 0 spiro atoms. The number of morpholine rings is 1. The van der Waals surface area contributed by atoms with Crippen LogP contribution in [0.25, 0.3) is 0 Å². The van der Waals surface area contributed by atoms with E-state index in [2.05, 4.69) is 86.9 Å². The van der Waals surface area contributed by atoms with Gasteiger partial charge in [-0.2, -0.15) is 0 Å². The molecule has 2 atom stereocenters. The maximum absolute atomic E-state index is 5.45. The van der Waals surface area contributed by atoms with E-state index in [1.807, 2.05) is 7.05 Å². The van der Waals surface area contributed by atoms with E-state index in [1.54, 1.807) is 0 Å². The fraction of sp³-hybridized carbons (Fsp3) is 0.500. The predicted octanol–water partition coefficient (Wildman–Crippen LogP) is 3.24. The summed E-state index contributed by atoms with van der Waals surface area (Å²) in [4.78, 5) is 9.42. The molecule has 2 N–H and O–H groups in total. The van der Waals surface area contributed by atoms with Crippen LogP contribution in [-0.2, 0) is 17.8 Å². The summed E-state index contributed by atoms with van der Waals surface area (Å²) in [6.45, 7) is 8.81. The van der Waals surface area contributed by atoms with Gasteiger partial charge in [0.05, 0.1) is 13.2 Å². The molecule has 2 heterocycles. The van der Waals surface area contributed by atoms with Crippen molar-refractivity contribution in [2.75, 3.05) is 44.8 Å². The molecule has 2 saturated heterocycles. The maximum Gasteiger partial charge on any atom is 0.191 e. The lowest BCUT2D eigenvalue weighted by Crippen LogP contribution is -2.51. The van der Waals surface area contributed by atoms with E-state index in [0.717, 1.165) is 64.7 Å². The smallest absolute Gasteiger partial charge is 0.191 e. The Morgan fingerprint density at radius 3 is 2.44 bits per heavy atom. The van der Waals surface area contributed by atoms with Gasteiger partial charge in [-0.25, -0.2) is 0 Å². The normalized spacial score (nSPS) is 22.6. The highest BCUT2D eigenvalue weighted by molar-refractivity contribution is 5.80. The Labute approximate surface area is 192 Å². The quantitative estimate of drug-likeness (QED) is 0.539. The number of benzene rings is 2. The Morgan fingerprint density at radius 2 is 1.75 bits per heavy atom. The Kier molecular flexibility index (Phi) is 8.02. The monoisotopic (exact) mass is 435 g/mol. The molecule has 6 heteroatoms. The fourth-order valence-corrected chi connectivity index (χ4v) is 4.62. The Hall–Kier alpha value is -2.57. The van der Waals surface area contributed by atoms with Gasteiger partial charge in [0.1, 0.15) is 0 Å². The number of rotatable bonds is 6. The van der Waals surface area contributed by atoms with Crippen LogP contribution in [0.3, 0.4) is 0 Å². The summed E-state index contributed by atoms with van der Waals surface area (Å²) in [5.74, 6) is 0.885. The number of nitrogens with zero attached hydrogens (tertiary/aromatic N) is 3. The molecule has 0 aromatic heterocycles. The van der Waals surface area contributed by atoms with Gasteiger partial charge in [-0.1, -0.05) is 42.5 Å². The van der Waals surface area contributed by atoms with E-state index in [1.165, 1.54) is 16.8 Å². The second kappa shape index (κ2) is 11.3. The summed E-state index contributed by atoms with van der Waals surface area (Å²) in [5.41, 5.74) is 3.93. The van der Waals surface area contributed by atoms with E-state index in [9.17, 15) is 0 Å². The third kappa shape index (κ3) is 6.24. The van der Waals surface area contributed by atoms with Crippen LogP contribution in [0.4, 0.5) is 5.69 Å². The molecule has 2 aromatic carbocycles. The van der Waals surface area contributed by atoms with Crippen molar-refractivity contribution in [1.29, 1.82) is 0 Å². The third-order valence-electron chi connectivity index (χ3n) is 6.58. The number of hydrogen-bond donors (Lipinski definition) is 2. The fourth-order valence-electron chi connectivity index (χ4n) is 4.62. The van der Waals surface area contributed by atoms with Gasteiger partial charge in [-0.05, 0) is 43.0 Å². The SMILES string of the molecule is CN=C(NCc1ccc(N2CCOCC2)cc1)NC1CCN(Cc2ccccc2)C(C)C1. The number of guanidine groups is 1. The van der Waals surface area contributed by atoms with Crippen molar-refractivity contribution in [3.63, 3.8) is 0 Å². The maximum atomic E-state index is 5.45. The highest BCUT2D eigenvalue weighted by Crippen LogP contribution is 2.20. The lowest BCUT2D eigenvalue weighted by Gasteiger charge is -2.38. The number of likely N-dealkylation sites (tertiary alicyclic amines) is 1. The van der Waals surface area contributed by atoms with Gasteiger partial charge in [-0.3, -0.25) is 9.89 Å². The molecular formula is C26H37N5O. The molecule has 0 radical (unpaired) electrons. The lowest BCUT2D eigenvalue weighted by atomic mass is 9.97. The first-order chi connectivity index (χ1) is 15.7. The van der Waals surface area contributed by atoms with Crippen molar-refractivity contribution >= 4 is 11.6 Å². The Morgan fingerprint density at radius 1 is 1.00 bits per heavy atom. The zero-order valence-electron chi connectivity index (χ0n) is 19.5. The molecule has 0 bridgehead atoms. The number of nitrogens with one attached hydrogen (secondary N) is 2. The van der Waals surface area contributed by atoms with Crippen LogP contribution >= 0.6 is 0 Å². The van der Waals surface area contributed by atoms with Crippen molar-refractivity contribution < 1.29 is 4.74 Å². The molecule has 0 saturated carbocycles.